The van der Waals surface area contributed by atoms with E-state index in [4.69, 9.17) is 5.14 Å². The van der Waals surface area contributed by atoms with Crippen LogP contribution in [0.5, 0.6) is 0 Å². The predicted octanol–water partition coefficient (Wildman–Crippen LogP) is 1.13. The van der Waals surface area contributed by atoms with Gasteiger partial charge in [0.25, 0.3) is 5.69 Å². The zero-order chi connectivity index (χ0) is 20.3. The molecule has 0 bridgehead atoms. The number of nitrogens with two attached hydrogens (primary N) is 1. The van der Waals surface area contributed by atoms with Crippen LogP contribution in [0.15, 0.2) is 53.4 Å². The lowest BCUT2D eigenvalue weighted by Crippen LogP contribution is -2.49. The SMILES string of the molecule is NS(=O)(=O)c1ccc(CC(=O)N2CCN(c3ccccc3[N+](=O)[O-])CC2)cc1. The fourth-order valence-electron chi connectivity index (χ4n) is 3.17. The summed E-state index contributed by atoms with van der Waals surface area (Å²) in [5.74, 6) is -0.0782. The molecule has 1 saturated heterocycles. The normalized spacial score (nSPS) is 14.8. The fourth-order valence-corrected chi connectivity index (χ4v) is 3.68. The van der Waals surface area contributed by atoms with E-state index in [0.717, 1.165) is 0 Å². The molecule has 0 atom stereocenters. The van der Waals surface area contributed by atoms with Crippen molar-refractivity contribution >= 4 is 27.3 Å². The number of amides is 1. The maximum Gasteiger partial charge on any atom is 0.292 e. The van der Waals surface area contributed by atoms with E-state index in [1.807, 2.05) is 4.90 Å². The number of para-hydroxylation sites is 2. The second-order valence-electron chi connectivity index (χ2n) is 6.48. The van der Waals surface area contributed by atoms with Crippen LogP contribution in [0.1, 0.15) is 5.56 Å². The van der Waals surface area contributed by atoms with E-state index in [0.29, 0.717) is 37.4 Å². The molecule has 28 heavy (non-hydrogen) atoms. The van der Waals surface area contributed by atoms with Gasteiger partial charge in [-0.15, -0.1) is 0 Å². The van der Waals surface area contributed by atoms with Gasteiger partial charge in [-0.25, -0.2) is 13.6 Å². The van der Waals surface area contributed by atoms with Crippen molar-refractivity contribution in [2.24, 2.45) is 5.14 Å². The van der Waals surface area contributed by atoms with Gasteiger partial charge in [-0.2, -0.15) is 0 Å². The van der Waals surface area contributed by atoms with Crippen molar-refractivity contribution in [3.8, 4) is 0 Å². The number of nitro groups is 1. The van der Waals surface area contributed by atoms with E-state index in [1.165, 1.54) is 18.2 Å². The van der Waals surface area contributed by atoms with Crippen LogP contribution in [0.4, 0.5) is 11.4 Å². The van der Waals surface area contributed by atoms with Gasteiger partial charge in [0.1, 0.15) is 5.69 Å². The molecule has 0 aliphatic carbocycles. The maximum atomic E-state index is 12.5. The summed E-state index contributed by atoms with van der Waals surface area (Å²) in [5, 5.41) is 16.3. The molecule has 0 aromatic heterocycles. The van der Waals surface area contributed by atoms with Crippen molar-refractivity contribution in [3.63, 3.8) is 0 Å². The number of carbonyl (C=O) groups is 1. The summed E-state index contributed by atoms with van der Waals surface area (Å²) in [4.78, 5) is 26.9. The monoisotopic (exact) mass is 404 g/mol. The molecule has 10 heteroatoms. The molecule has 1 amide bonds. The van der Waals surface area contributed by atoms with Crippen molar-refractivity contribution in [1.82, 2.24) is 4.90 Å². The Labute approximate surface area is 162 Å². The molecule has 1 aliphatic rings. The quantitative estimate of drug-likeness (QED) is 0.588. The standard InChI is InChI=1S/C18H20N4O5S/c19-28(26,27)15-7-5-14(6-8-15)13-18(23)21-11-9-20(10-12-21)16-3-1-2-4-17(16)22(24)25/h1-8H,9-13H2,(H2,19,26,27). The molecule has 9 nitrogen and oxygen atoms in total. The first-order chi connectivity index (χ1) is 13.3. The third-order valence-electron chi connectivity index (χ3n) is 4.66. The van der Waals surface area contributed by atoms with Crippen molar-refractivity contribution < 1.29 is 18.1 Å². The first-order valence-electron chi connectivity index (χ1n) is 8.63. The molecule has 2 aromatic rings. The van der Waals surface area contributed by atoms with Gasteiger partial charge in [0.05, 0.1) is 16.2 Å². The van der Waals surface area contributed by atoms with E-state index in [-0.39, 0.29) is 22.9 Å². The molecule has 148 valence electrons. The van der Waals surface area contributed by atoms with Crippen LogP contribution in [0.2, 0.25) is 0 Å². The number of hydrogen-bond acceptors (Lipinski definition) is 6. The van der Waals surface area contributed by atoms with Gasteiger partial charge in [-0.1, -0.05) is 24.3 Å². The summed E-state index contributed by atoms with van der Waals surface area (Å²) in [6.07, 6.45) is 0.149. The number of piperazine rings is 1. The van der Waals surface area contributed by atoms with E-state index >= 15 is 0 Å². The first-order valence-corrected chi connectivity index (χ1v) is 10.2. The number of primary sulfonamides is 1. The topological polar surface area (TPSA) is 127 Å². The highest BCUT2D eigenvalue weighted by Crippen LogP contribution is 2.28. The second-order valence-corrected chi connectivity index (χ2v) is 8.04. The van der Waals surface area contributed by atoms with Crippen LogP contribution in [0.3, 0.4) is 0 Å². The number of carbonyl (C=O) groups excluding carboxylic acids is 1. The minimum atomic E-state index is -3.76. The summed E-state index contributed by atoms with van der Waals surface area (Å²) in [6.45, 7) is 1.92. The molecule has 0 radical (unpaired) electrons. The number of hydrogen-bond donors (Lipinski definition) is 1. The number of nitro benzene ring substituents is 1. The molecule has 1 heterocycles. The molecular formula is C18H20N4O5S. The van der Waals surface area contributed by atoms with Gasteiger partial charge in [0.2, 0.25) is 15.9 Å². The Morgan fingerprint density at radius 2 is 1.64 bits per heavy atom. The van der Waals surface area contributed by atoms with Gasteiger partial charge in [-0.3, -0.25) is 14.9 Å². The van der Waals surface area contributed by atoms with Crippen molar-refractivity contribution in [2.45, 2.75) is 11.3 Å². The Morgan fingerprint density at radius 3 is 2.21 bits per heavy atom. The number of anilines is 1. The molecule has 1 fully saturated rings. The number of nitrogens with zero attached hydrogens (tertiary/aromatic N) is 3. The lowest BCUT2D eigenvalue weighted by atomic mass is 10.1. The van der Waals surface area contributed by atoms with E-state index in [2.05, 4.69) is 0 Å². The van der Waals surface area contributed by atoms with Gasteiger partial charge >= 0.3 is 0 Å². The fraction of sp³-hybridized carbons (Fsp3) is 0.278. The van der Waals surface area contributed by atoms with Crippen LogP contribution >= 0.6 is 0 Å². The Hall–Kier alpha value is -2.98. The smallest absolute Gasteiger partial charge is 0.292 e. The number of benzene rings is 2. The average Bonchev–Trinajstić information content (AvgIpc) is 2.68. The van der Waals surface area contributed by atoms with Crippen LogP contribution in [-0.2, 0) is 21.2 Å². The minimum Gasteiger partial charge on any atom is -0.362 e. The molecule has 2 aromatic carbocycles. The maximum absolute atomic E-state index is 12.5. The third kappa shape index (κ3) is 4.46. The third-order valence-corrected chi connectivity index (χ3v) is 5.59. The van der Waals surface area contributed by atoms with Gasteiger partial charge < -0.3 is 9.80 Å². The highest BCUT2D eigenvalue weighted by Gasteiger charge is 2.25. The Bertz CT molecular complexity index is 983. The number of sulfonamides is 1. The van der Waals surface area contributed by atoms with E-state index in [1.54, 1.807) is 35.2 Å². The summed E-state index contributed by atoms with van der Waals surface area (Å²) in [7, 11) is -3.76. The Balaban J connectivity index is 1.61. The lowest BCUT2D eigenvalue weighted by molar-refractivity contribution is -0.384. The zero-order valence-electron chi connectivity index (χ0n) is 15.0. The van der Waals surface area contributed by atoms with E-state index < -0.39 is 14.9 Å². The lowest BCUT2D eigenvalue weighted by Gasteiger charge is -2.35. The van der Waals surface area contributed by atoms with Crippen LogP contribution in [0.25, 0.3) is 0 Å². The second kappa shape index (κ2) is 7.95. The Morgan fingerprint density at radius 1 is 1.04 bits per heavy atom. The summed E-state index contributed by atoms with van der Waals surface area (Å²) in [6, 6.07) is 12.5. The molecular weight excluding hydrogens is 384 g/mol. The molecule has 1 aliphatic heterocycles. The van der Waals surface area contributed by atoms with Crippen molar-refractivity contribution in [3.05, 3.63) is 64.2 Å². The van der Waals surface area contributed by atoms with Crippen LogP contribution in [0, 0.1) is 10.1 Å². The molecule has 2 N–H and O–H groups in total. The van der Waals surface area contributed by atoms with E-state index in [9.17, 15) is 23.3 Å². The molecule has 0 spiro atoms. The number of rotatable bonds is 5. The highest BCUT2D eigenvalue weighted by molar-refractivity contribution is 7.89. The molecule has 3 rings (SSSR count). The summed E-state index contributed by atoms with van der Waals surface area (Å²) < 4.78 is 22.6. The first kappa shape index (κ1) is 19.8. The molecule has 0 saturated carbocycles. The highest BCUT2D eigenvalue weighted by atomic mass is 32.2. The van der Waals surface area contributed by atoms with Gasteiger partial charge in [0, 0.05) is 32.2 Å². The van der Waals surface area contributed by atoms with Gasteiger partial charge in [-0.05, 0) is 23.8 Å². The van der Waals surface area contributed by atoms with Gasteiger partial charge in [0.15, 0.2) is 0 Å². The zero-order valence-corrected chi connectivity index (χ0v) is 15.8. The average molecular weight is 404 g/mol. The summed E-state index contributed by atoms with van der Waals surface area (Å²) in [5.41, 5.74) is 1.30. The Kier molecular flexibility index (Phi) is 5.61. The minimum absolute atomic E-state index is 0.00164. The van der Waals surface area contributed by atoms with Crippen molar-refractivity contribution in [2.75, 3.05) is 31.1 Å². The summed E-state index contributed by atoms with van der Waals surface area (Å²) >= 11 is 0. The van der Waals surface area contributed by atoms with Crippen molar-refractivity contribution in [1.29, 1.82) is 0 Å². The largest absolute Gasteiger partial charge is 0.362 e. The molecule has 0 unspecified atom stereocenters. The van der Waals surface area contributed by atoms with Crippen LogP contribution < -0.4 is 10.0 Å². The predicted molar refractivity (Wildman–Crippen MR) is 103 cm³/mol. The van der Waals surface area contributed by atoms with Crippen LogP contribution in [-0.4, -0.2) is 50.3 Å².